The van der Waals surface area contributed by atoms with Crippen LogP contribution in [0.2, 0.25) is 0 Å². The first kappa shape index (κ1) is 5.50. The van der Waals surface area contributed by atoms with Gasteiger partial charge in [-0.2, -0.15) is 5.11 Å². The van der Waals surface area contributed by atoms with Crippen molar-refractivity contribution in [1.29, 1.82) is 0 Å². The molecular formula is C4H9N3O. The Labute approximate surface area is 47.8 Å². The molecule has 0 aromatic heterocycles. The van der Waals surface area contributed by atoms with Crippen molar-refractivity contribution in [2.45, 2.75) is 0 Å². The van der Waals surface area contributed by atoms with Crippen molar-refractivity contribution in [2.24, 2.45) is 10.3 Å². The molecule has 0 spiro atoms. The number of aliphatic hydroxyl groups excluding tert-OH is 1. The minimum atomic E-state index is 0.166. The van der Waals surface area contributed by atoms with E-state index in [1.807, 2.05) is 0 Å². The standard InChI is InChI=1S/C4H9N3O/c8-4-3-7-2-1-5-6-7/h8H,1-4H2. The molecule has 0 fully saturated rings. The third-order valence-electron chi connectivity index (χ3n) is 1.01. The molecule has 0 saturated carbocycles. The molecule has 1 rings (SSSR count). The lowest BCUT2D eigenvalue weighted by Gasteiger charge is -2.06. The Balaban J connectivity index is 2.16. The zero-order valence-electron chi connectivity index (χ0n) is 4.62. The Hall–Kier alpha value is -0.640. The summed E-state index contributed by atoms with van der Waals surface area (Å²) in [5.41, 5.74) is 0. The highest BCUT2D eigenvalue weighted by molar-refractivity contribution is 4.56. The van der Waals surface area contributed by atoms with Crippen LogP contribution in [-0.4, -0.2) is 36.4 Å². The van der Waals surface area contributed by atoms with Gasteiger partial charge in [-0.05, 0) is 0 Å². The second kappa shape index (κ2) is 2.61. The highest BCUT2D eigenvalue weighted by atomic mass is 16.3. The molecule has 0 radical (unpaired) electrons. The third kappa shape index (κ3) is 1.16. The summed E-state index contributed by atoms with van der Waals surface area (Å²) in [6.07, 6.45) is 0. The summed E-state index contributed by atoms with van der Waals surface area (Å²) in [6.45, 7) is 2.42. The highest BCUT2D eigenvalue weighted by Crippen LogP contribution is 1.96. The fourth-order valence-electron chi connectivity index (χ4n) is 0.611. The molecule has 1 aliphatic rings. The van der Waals surface area contributed by atoms with E-state index in [-0.39, 0.29) is 6.61 Å². The van der Waals surface area contributed by atoms with Gasteiger partial charge in [-0.1, -0.05) is 5.22 Å². The molecule has 4 heteroatoms. The highest BCUT2D eigenvalue weighted by Gasteiger charge is 2.03. The van der Waals surface area contributed by atoms with Gasteiger partial charge in [-0.15, -0.1) is 0 Å². The fraction of sp³-hybridized carbons (Fsp3) is 1.00. The van der Waals surface area contributed by atoms with Crippen molar-refractivity contribution >= 4 is 0 Å². The van der Waals surface area contributed by atoms with Gasteiger partial charge in [-0.3, -0.25) is 5.01 Å². The van der Waals surface area contributed by atoms with E-state index < -0.39 is 0 Å². The van der Waals surface area contributed by atoms with Gasteiger partial charge in [0.05, 0.1) is 26.2 Å². The van der Waals surface area contributed by atoms with Crippen LogP contribution in [0.3, 0.4) is 0 Å². The molecule has 0 atom stereocenters. The SMILES string of the molecule is OCCN1CCN=N1. The van der Waals surface area contributed by atoms with Crippen LogP contribution < -0.4 is 0 Å². The minimum absolute atomic E-state index is 0.166. The van der Waals surface area contributed by atoms with E-state index in [9.17, 15) is 0 Å². The smallest absolute Gasteiger partial charge is 0.0813 e. The molecule has 8 heavy (non-hydrogen) atoms. The number of hydrogen-bond donors (Lipinski definition) is 1. The summed E-state index contributed by atoms with van der Waals surface area (Å²) in [4.78, 5) is 0. The molecule has 0 bridgehead atoms. The van der Waals surface area contributed by atoms with E-state index in [4.69, 9.17) is 5.11 Å². The average molecular weight is 115 g/mol. The maximum Gasteiger partial charge on any atom is 0.0813 e. The lowest BCUT2D eigenvalue weighted by atomic mass is 10.6. The van der Waals surface area contributed by atoms with Crippen molar-refractivity contribution in [3.8, 4) is 0 Å². The Morgan fingerprint density at radius 1 is 1.62 bits per heavy atom. The molecule has 46 valence electrons. The zero-order valence-corrected chi connectivity index (χ0v) is 4.62. The van der Waals surface area contributed by atoms with Gasteiger partial charge in [0.1, 0.15) is 0 Å². The molecule has 0 aromatic carbocycles. The molecule has 0 aliphatic carbocycles. The minimum Gasteiger partial charge on any atom is -0.394 e. The summed E-state index contributed by atoms with van der Waals surface area (Å²) in [5, 5.41) is 17.6. The Morgan fingerprint density at radius 3 is 3.00 bits per heavy atom. The van der Waals surface area contributed by atoms with Crippen molar-refractivity contribution in [3.63, 3.8) is 0 Å². The molecule has 1 heterocycles. The molecule has 4 nitrogen and oxygen atoms in total. The second-order valence-electron chi connectivity index (χ2n) is 1.63. The maximum atomic E-state index is 8.38. The van der Waals surface area contributed by atoms with Crippen molar-refractivity contribution in [2.75, 3.05) is 26.2 Å². The number of β-amino-alcohol motifs (C(OH)–C–C–N with tert-alkyl or cyclic N) is 1. The van der Waals surface area contributed by atoms with Gasteiger partial charge in [0.15, 0.2) is 0 Å². The normalized spacial score (nSPS) is 17.9. The molecular weight excluding hydrogens is 106 g/mol. The second-order valence-corrected chi connectivity index (χ2v) is 1.63. The molecule has 1 aliphatic heterocycles. The number of aliphatic hydroxyl groups is 1. The van der Waals surface area contributed by atoms with E-state index in [2.05, 4.69) is 10.3 Å². The molecule has 1 N–H and O–H groups in total. The first-order chi connectivity index (χ1) is 3.93. The average Bonchev–Trinajstić information content (AvgIpc) is 2.19. The van der Waals surface area contributed by atoms with Gasteiger partial charge in [0.25, 0.3) is 0 Å². The van der Waals surface area contributed by atoms with E-state index in [1.165, 1.54) is 0 Å². The van der Waals surface area contributed by atoms with Crippen LogP contribution in [-0.2, 0) is 0 Å². The lowest BCUT2D eigenvalue weighted by Crippen LogP contribution is -2.19. The van der Waals surface area contributed by atoms with E-state index in [1.54, 1.807) is 5.01 Å². The molecule has 0 unspecified atom stereocenters. The summed E-state index contributed by atoms with van der Waals surface area (Å²) >= 11 is 0. The van der Waals surface area contributed by atoms with Crippen LogP contribution in [0.5, 0.6) is 0 Å². The number of hydrogen-bond acceptors (Lipinski definition) is 4. The van der Waals surface area contributed by atoms with Crippen LogP contribution in [0.4, 0.5) is 0 Å². The van der Waals surface area contributed by atoms with Crippen LogP contribution in [0.15, 0.2) is 10.3 Å². The fourth-order valence-corrected chi connectivity index (χ4v) is 0.611. The largest absolute Gasteiger partial charge is 0.394 e. The number of nitrogens with zero attached hydrogens (tertiary/aromatic N) is 3. The quantitative estimate of drug-likeness (QED) is 0.535. The van der Waals surface area contributed by atoms with Crippen LogP contribution in [0, 0.1) is 0 Å². The van der Waals surface area contributed by atoms with Gasteiger partial charge in [-0.25, -0.2) is 0 Å². The number of rotatable bonds is 2. The third-order valence-corrected chi connectivity index (χ3v) is 1.01. The maximum absolute atomic E-state index is 8.38. The Kier molecular flexibility index (Phi) is 1.80. The van der Waals surface area contributed by atoms with Crippen molar-refractivity contribution in [3.05, 3.63) is 0 Å². The van der Waals surface area contributed by atoms with E-state index >= 15 is 0 Å². The van der Waals surface area contributed by atoms with Crippen LogP contribution in [0.1, 0.15) is 0 Å². The first-order valence-corrected chi connectivity index (χ1v) is 2.66. The monoisotopic (exact) mass is 115 g/mol. The topological polar surface area (TPSA) is 48.2 Å². The Bertz CT molecular complexity index is 93.3. The van der Waals surface area contributed by atoms with Gasteiger partial charge >= 0.3 is 0 Å². The molecule has 0 amide bonds. The first-order valence-electron chi connectivity index (χ1n) is 2.66. The predicted molar refractivity (Wildman–Crippen MR) is 28.4 cm³/mol. The summed E-state index contributed by atoms with van der Waals surface area (Å²) in [7, 11) is 0. The summed E-state index contributed by atoms with van der Waals surface area (Å²) in [6, 6.07) is 0. The predicted octanol–water partition coefficient (Wildman–Crippen LogP) is -0.339. The Morgan fingerprint density at radius 2 is 2.50 bits per heavy atom. The van der Waals surface area contributed by atoms with Crippen LogP contribution >= 0.6 is 0 Å². The van der Waals surface area contributed by atoms with Gasteiger partial charge in [0.2, 0.25) is 0 Å². The van der Waals surface area contributed by atoms with Crippen LogP contribution in [0.25, 0.3) is 0 Å². The molecule has 0 saturated heterocycles. The molecule has 0 aromatic rings. The van der Waals surface area contributed by atoms with Gasteiger partial charge < -0.3 is 5.11 Å². The lowest BCUT2D eigenvalue weighted by molar-refractivity contribution is 0.213. The van der Waals surface area contributed by atoms with E-state index in [0.717, 1.165) is 13.1 Å². The zero-order chi connectivity index (χ0) is 5.82. The summed E-state index contributed by atoms with van der Waals surface area (Å²) < 4.78 is 0. The van der Waals surface area contributed by atoms with Gasteiger partial charge in [0, 0.05) is 0 Å². The van der Waals surface area contributed by atoms with Crippen molar-refractivity contribution in [1.82, 2.24) is 5.01 Å². The summed E-state index contributed by atoms with van der Waals surface area (Å²) in [5.74, 6) is 0. The van der Waals surface area contributed by atoms with Crippen molar-refractivity contribution < 1.29 is 5.11 Å². The van der Waals surface area contributed by atoms with E-state index in [0.29, 0.717) is 6.54 Å².